The molecular weight excluding hydrogens is 650 g/mol. The number of anilines is 1. The summed E-state index contributed by atoms with van der Waals surface area (Å²) in [6.45, 7) is 13.9. The summed E-state index contributed by atoms with van der Waals surface area (Å²) in [4.78, 5) is 25.3. The summed E-state index contributed by atoms with van der Waals surface area (Å²) in [6, 6.07) is 9.38. The Morgan fingerprint density at radius 1 is 0.872 bits per heavy atom. The number of rotatable bonds is 12. The van der Waals surface area contributed by atoms with Crippen molar-refractivity contribution in [3.05, 3.63) is 65.2 Å². The minimum atomic E-state index is -5.01. The van der Waals surface area contributed by atoms with Crippen molar-refractivity contribution < 1.29 is 50.1 Å². The maximum atomic E-state index is 13.6. The summed E-state index contributed by atoms with van der Waals surface area (Å²) < 4.78 is 99.4. The lowest BCUT2D eigenvalue weighted by Crippen LogP contribution is -2.51. The SMILES string of the molecule is COC(=O)C(CC[C@](C)(CO[C@H](C)c1cc(C(F)(F)F)cc(C(F)(F)F)c1)N(SC(C)(C)C)c1ccccc1)NC(=O)OC(C)(C)C. The Labute approximate surface area is 276 Å². The van der Waals surface area contributed by atoms with Gasteiger partial charge in [0, 0.05) is 10.4 Å². The van der Waals surface area contributed by atoms with Gasteiger partial charge in [-0.25, -0.2) is 9.59 Å². The molecule has 14 heteroatoms. The van der Waals surface area contributed by atoms with Crippen LogP contribution < -0.4 is 9.62 Å². The molecule has 0 aliphatic rings. The lowest BCUT2D eigenvalue weighted by Gasteiger charge is -2.45. The fourth-order valence-corrected chi connectivity index (χ4v) is 5.59. The number of hydrogen-bond donors (Lipinski definition) is 1. The zero-order valence-electron chi connectivity index (χ0n) is 28.1. The van der Waals surface area contributed by atoms with Crippen LogP contribution in [0, 0.1) is 0 Å². The van der Waals surface area contributed by atoms with Gasteiger partial charge in [0.1, 0.15) is 11.6 Å². The second-order valence-corrected chi connectivity index (χ2v) is 15.2. The molecule has 1 N–H and O–H groups in total. The van der Waals surface area contributed by atoms with Gasteiger partial charge in [-0.15, -0.1) is 0 Å². The predicted octanol–water partition coefficient (Wildman–Crippen LogP) is 9.36. The summed E-state index contributed by atoms with van der Waals surface area (Å²) >= 11 is 1.44. The summed E-state index contributed by atoms with van der Waals surface area (Å²) in [5.74, 6) is -0.731. The Kier molecular flexibility index (Phi) is 13.1. The van der Waals surface area contributed by atoms with E-state index in [1.807, 2.05) is 55.4 Å². The second kappa shape index (κ2) is 15.4. The zero-order valence-corrected chi connectivity index (χ0v) is 28.9. The number of carbonyl (C=O) groups is 2. The fraction of sp³-hybridized carbons (Fsp3) is 0.576. The molecule has 0 aromatic heterocycles. The molecule has 2 rings (SSSR count). The number of nitrogens with one attached hydrogen (secondary N) is 1. The molecule has 0 bridgehead atoms. The van der Waals surface area contributed by atoms with Gasteiger partial charge in [0.25, 0.3) is 0 Å². The van der Waals surface area contributed by atoms with E-state index >= 15 is 0 Å². The third-order valence-corrected chi connectivity index (χ3v) is 8.10. The Morgan fingerprint density at radius 3 is 1.85 bits per heavy atom. The number of alkyl halides is 6. The fourth-order valence-electron chi connectivity index (χ4n) is 4.45. The third-order valence-electron chi connectivity index (χ3n) is 6.72. The van der Waals surface area contributed by atoms with Crippen LogP contribution in [0.1, 0.15) is 91.0 Å². The Hall–Kier alpha value is -3.13. The van der Waals surface area contributed by atoms with Crippen molar-refractivity contribution in [1.29, 1.82) is 0 Å². The predicted molar refractivity (Wildman–Crippen MR) is 170 cm³/mol. The van der Waals surface area contributed by atoms with Crippen LogP contribution in [-0.4, -0.2) is 47.7 Å². The molecule has 1 unspecified atom stereocenters. The minimum Gasteiger partial charge on any atom is -0.467 e. The van der Waals surface area contributed by atoms with Crippen molar-refractivity contribution >= 4 is 29.7 Å². The average molecular weight is 695 g/mol. The maximum absolute atomic E-state index is 13.6. The largest absolute Gasteiger partial charge is 0.467 e. The Morgan fingerprint density at radius 2 is 1.40 bits per heavy atom. The molecule has 0 spiro atoms. The monoisotopic (exact) mass is 694 g/mol. The van der Waals surface area contributed by atoms with Crippen LogP contribution in [0.4, 0.5) is 36.8 Å². The number of ether oxygens (including phenoxy) is 3. The van der Waals surface area contributed by atoms with Gasteiger partial charge in [0.05, 0.1) is 36.5 Å². The molecule has 3 atom stereocenters. The van der Waals surface area contributed by atoms with Crippen molar-refractivity contribution in [2.75, 3.05) is 18.0 Å². The van der Waals surface area contributed by atoms with Gasteiger partial charge in [0.15, 0.2) is 0 Å². The molecule has 264 valence electrons. The molecule has 0 heterocycles. The van der Waals surface area contributed by atoms with E-state index < -0.39 is 58.8 Å². The average Bonchev–Trinajstić information content (AvgIpc) is 2.94. The summed E-state index contributed by atoms with van der Waals surface area (Å²) in [7, 11) is 1.17. The first-order chi connectivity index (χ1) is 21.3. The molecule has 47 heavy (non-hydrogen) atoms. The first-order valence-corrected chi connectivity index (χ1v) is 15.6. The van der Waals surface area contributed by atoms with Crippen LogP contribution >= 0.6 is 11.9 Å². The summed E-state index contributed by atoms with van der Waals surface area (Å²) in [6.07, 6.45) is -11.9. The standard InChI is InChI=1S/C33H44F6N2O5S/c1-21(22-17-23(32(34,35)36)19-24(18-22)33(37,38)39)45-20-31(8,41(47-30(5,6)7)25-13-11-10-12-14-25)16-15-26(27(42)44-9)40-28(43)46-29(2,3)4/h10-14,17-19,21,26H,15-16,20H2,1-9H3,(H,40,43)/t21-,26?,31-/m1/s1. The van der Waals surface area contributed by atoms with E-state index in [1.165, 1.54) is 26.0 Å². The molecule has 2 aromatic rings. The summed E-state index contributed by atoms with van der Waals surface area (Å²) in [5, 5.41) is 2.54. The molecule has 7 nitrogen and oxygen atoms in total. The first kappa shape index (κ1) is 40.0. The smallest absolute Gasteiger partial charge is 0.416 e. The van der Waals surface area contributed by atoms with Crippen molar-refractivity contribution in [2.24, 2.45) is 0 Å². The molecule has 0 radical (unpaired) electrons. The number of halogens is 6. The normalized spacial score (nSPS) is 15.3. The van der Waals surface area contributed by atoms with Gasteiger partial charge in [-0.05, 0) is 116 Å². The zero-order chi connectivity index (χ0) is 36.0. The van der Waals surface area contributed by atoms with Crippen LogP contribution in [0.3, 0.4) is 0 Å². The number of para-hydroxylation sites is 1. The van der Waals surface area contributed by atoms with Gasteiger partial charge in [0.2, 0.25) is 0 Å². The number of amides is 1. The highest BCUT2D eigenvalue weighted by Gasteiger charge is 2.40. The molecule has 1 amide bonds. The Balaban J connectivity index is 2.55. The molecule has 0 saturated heterocycles. The van der Waals surface area contributed by atoms with Crippen LogP contribution in [0.5, 0.6) is 0 Å². The van der Waals surface area contributed by atoms with Gasteiger partial charge in [-0.1, -0.05) is 18.2 Å². The number of esters is 1. The van der Waals surface area contributed by atoms with Crippen LogP contribution in [0.2, 0.25) is 0 Å². The van der Waals surface area contributed by atoms with Crippen molar-refractivity contribution in [3.63, 3.8) is 0 Å². The van der Waals surface area contributed by atoms with E-state index in [0.29, 0.717) is 12.1 Å². The van der Waals surface area contributed by atoms with E-state index in [1.54, 1.807) is 27.7 Å². The first-order valence-electron chi connectivity index (χ1n) is 14.9. The van der Waals surface area contributed by atoms with E-state index in [0.717, 1.165) is 5.69 Å². The van der Waals surface area contributed by atoms with Crippen molar-refractivity contribution in [2.45, 2.75) is 109 Å². The minimum absolute atomic E-state index is 0.0238. The van der Waals surface area contributed by atoms with Gasteiger partial charge in [-0.3, -0.25) is 0 Å². The quantitative estimate of drug-likeness (QED) is 0.135. The van der Waals surface area contributed by atoms with Crippen LogP contribution in [0.25, 0.3) is 0 Å². The highest BCUT2D eigenvalue weighted by molar-refractivity contribution is 8.02. The number of carbonyl (C=O) groups excluding carboxylic acids is 2. The molecule has 2 aromatic carbocycles. The third kappa shape index (κ3) is 12.8. The maximum Gasteiger partial charge on any atom is 0.416 e. The lowest BCUT2D eigenvalue weighted by molar-refractivity contribution is -0.144. The van der Waals surface area contributed by atoms with Gasteiger partial charge in [-0.2, -0.15) is 26.3 Å². The van der Waals surface area contributed by atoms with Crippen molar-refractivity contribution in [1.82, 2.24) is 5.32 Å². The van der Waals surface area contributed by atoms with E-state index in [9.17, 15) is 35.9 Å². The number of methoxy groups -OCH3 is 1. The van der Waals surface area contributed by atoms with Gasteiger partial charge >= 0.3 is 24.4 Å². The topological polar surface area (TPSA) is 77.1 Å². The molecular formula is C33H44F6N2O5S. The number of benzene rings is 2. The van der Waals surface area contributed by atoms with Crippen LogP contribution in [-0.2, 0) is 31.4 Å². The van der Waals surface area contributed by atoms with E-state index in [-0.39, 0.29) is 35.8 Å². The highest BCUT2D eigenvalue weighted by Crippen LogP contribution is 2.42. The molecule has 0 aliphatic heterocycles. The second-order valence-electron chi connectivity index (χ2n) is 13.4. The van der Waals surface area contributed by atoms with Gasteiger partial charge < -0.3 is 23.8 Å². The molecule has 0 aliphatic carbocycles. The summed E-state index contributed by atoms with van der Waals surface area (Å²) in [5.41, 5.74) is -4.33. The van der Waals surface area contributed by atoms with E-state index in [2.05, 4.69) is 5.32 Å². The molecule has 0 fully saturated rings. The van der Waals surface area contributed by atoms with E-state index in [4.69, 9.17) is 14.2 Å². The lowest BCUT2D eigenvalue weighted by atomic mass is 9.93. The van der Waals surface area contributed by atoms with Crippen LogP contribution in [0.15, 0.2) is 48.5 Å². The number of hydrogen-bond acceptors (Lipinski definition) is 7. The number of nitrogens with zero attached hydrogens (tertiary/aromatic N) is 1. The Bertz CT molecular complexity index is 1310. The number of alkyl carbamates (subject to hydrolysis) is 1. The van der Waals surface area contributed by atoms with Crippen molar-refractivity contribution in [3.8, 4) is 0 Å². The highest BCUT2D eigenvalue weighted by atomic mass is 32.2. The molecule has 0 saturated carbocycles.